The van der Waals surface area contributed by atoms with E-state index in [-0.39, 0.29) is 5.91 Å². The summed E-state index contributed by atoms with van der Waals surface area (Å²) in [5.41, 5.74) is 5.05. The summed E-state index contributed by atoms with van der Waals surface area (Å²) in [5, 5.41) is 5.05. The first-order valence-corrected chi connectivity index (χ1v) is 8.33. The van der Waals surface area contributed by atoms with Gasteiger partial charge in [-0.05, 0) is 42.5 Å². The molecule has 23 heavy (non-hydrogen) atoms. The van der Waals surface area contributed by atoms with Crippen LogP contribution in [0, 0.1) is 13.8 Å². The quantitative estimate of drug-likeness (QED) is 0.789. The zero-order valence-electron chi connectivity index (χ0n) is 13.5. The van der Waals surface area contributed by atoms with Gasteiger partial charge in [0.05, 0.1) is 22.4 Å². The lowest BCUT2D eigenvalue weighted by Gasteiger charge is -2.20. The molecule has 0 saturated heterocycles. The second-order valence-electron chi connectivity index (χ2n) is 5.64. The van der Waals surface area contributed by atoms with Gasteiger partial charge >= 0.3 is 0 Å². The number of hydrogen-bond acceptors (Lipinski definition) is 4. The third kappa shape index (κ3) is 3.19. The number of rotatable bonds is 4. The molecule has 118 valence electrons. The molecule has 0 aliphatic rings. The molecular weight excluding hydrogens is 306 g/mol. The van der Waals surface area contributed by atoms with E-state index >= 15 is 0 Å². The number of carbonyl (C=O) groups is 1. The van der Waals surface area contributed by atoms with Gasteiger partial charge < -0.3 is 10.2 Å². The van der Waals surface area contributed by atoms with Gasteiger partial charge in [0.1, 0.15) is 0 Å². The topological polar surface area (TPSA) is 45.2 Å². The standard InChI is InChI=1S/C18H19N3OS/c1-12-5-4-6-13(2)17(12)20-16(22)11-21(3)15-7-9-19-14-8-10-23-18(14)15/h4-10H,11H2,1-3H3,(H,20,22). The molecule has 1 amide bonds. The van der Waals surface area contributed by atoms with Crippen LogP contribution in [-0.4, -0.2) is 24.5 Å². The Morgan fingerprint density at radius 1 is 1.22 bits per heavy atom. The van der Waals surface area contributed by atoms with Crippen LogP contribution < -0.4 is 10.2 Å². The molecule has 1 aromatic carbocycles. The van der Waals surface area contributed by atoms with Crippen LogP contribution >= 0.6 is 11.3 Å². The van der Waals surface area contributed by atoms with Gasteiger partial charge in [-0.25, -0.2) is 0 Å². The number of amides is 1. The molecule has 5 heteroatoms. The summed E-state index contributed by atoms with van der Waals surface area (Å²) in [6.07, 6.45) is 1.78. The largest absolute Gasteiger partial charge is 0.364 e. The van der Waals surface area contributed by atoms with Gasteiger partial charge in [-0.3, -0.25) is 9.78 Å². The summed E-state index contributed by atoms with van der Waals surface area (Å²) >= 11 is 1.64. The Balaban J connectivity index is 1.76. The minimum absolute atomic E-state index is 0.0218. The molecule has 0 saturated carbocycles. The van der Waals surface area contributed by atoms with Crippen molar-refractivity contribution in [3.8, 4) is 0 Å². The summed E-state index contributed by atoms with van der Waals surface area (Å²) in [6.45, 7) is 4.31. The molecule has 0 bridgehead atoms. The Kier molecular flexibility index (Phi) is 4.30. The Morgan fingerprint density at radius 2 is 1.96 bits per heavy atom. The van der Waals surface area contributed by atoms with Gasteiger partial charge in [0.2, 0.25) is 5.91 Å². The number of nitrogens with zero attached hydrogens (tertiary/aromatic N) is 2. The fraction of sp³-hybridized carbons (Fsp3) is 0.222. The van der Waals surface area contributed by atoms with Gasteiger partial charge in [0.15, 0.2) is 0 Å². The highest BCUT2D eigenvalue weighted by atomic mass is 32.1. The van der Waals surface area contributed by atoms with Crippen molar-refractivity contribution in [3.63, 3.8) is 0 Å². The second kappa shape index (κ2) is 6.38. The molecule has 0 unspecified atom stereocenters. The highest BCUT2D eigenvalue weighted by molar-refractivity contribution is 7.17. The molecule has 3 rings (SSSR count). The van der Waals surface area contributed by atoms with Crippen LogP contribution in [0.3, 0.4) is 0 Å². The zero-order chi connectivity index (χ0) is 16.4. The van der Waals surface area contributed by atoms with Crippen LogP contribution in [-0.2, 0) is 4.79 Å². The number of pyridine rings is 1. The van der Waals surface area contributed by atoms with E-state index in [1.807, 2.05) is 61.5 Å². The van der Waals surface area contributed by atoms with Gasteiger partial charge in [0.25, 0.3) is 0 Å². The van der Waals surface area contributed by atoms with E-state index in [0.717, 1.165) is 32.7 Å². The molecule has 0 aliphatic heterocycles. The SMILES string of the molecule is Cc1cccc(C)c1NC(=O)CN(C)c1ccnc2ccsc12. The molecule has 0 radical (unpaired) electrons. The first-order valence-electron chi connectivity index (χ1n) is 7.45. The van der Waals surface area contributed by atoms with Crippen molar-refractivity contribution in [2.45, 2.75) is 13.8 Å². The number of hydrogen-bond donors (Lipinski definition) is 1. The summed E-state index contributed by atoms with van der Waals surface area (Å²) in [6, 6.07) is 9.95. The molecular formula is C18H19N3OS. The number of fused-ring (bicyclic) bond motifs is 1. The van der Waals surface area contributed by atoms with Crippen LogP contribution in [0.15, 0.2) is 41.9 Å². The van der Waals surface area contributed by atoms with Crippen molar-refractivity contribution < 1.29 is 4.79 Å². The Labute approximate surface area is 139 Å². The van der Waals surface area contributed by atoms with Crippen LogP contribution in [0.1, 0.15) is 11.1 Å². The van der Waals surface area contributed by atoms with Crippen LogP contribution in [0.2, 0.25) is 0 Å². The monoisotopic (exact) mass is 325 g/mol. The number of anilines is 2. The average Bonchev–Trinajstić information content (AvgIpc) is 2.99. The van der Waals surface area contributed by atoms with Gasteiger partial charge in [0, 0.05) is 18.9 Å². The second-order valence-corrected chi connectivity index (χ2v) is 6.55. The molecule has 0 aliphatic carbocycles. The van der Waals surface area contributed by atoms with E-state index in [2.05, 4.69) is 10.3 Å². The normalized spacial score (nSPS) is 10.7. The van der Waals surface area contributed by atoms with E-state index in [0.29, 0.717) is 6.54 Å². The van der Waals surface area contributed by atoms with Crippen molar-refractivity contribution in [2.75, 3.05) is 23.8 Å². The Hall–Kier alpha value is -2.40. The van der Waals surface area contributed by atoms with E-state index in [1.165, 1.54) is 0 Å². The number of para-hydroxylation sites is 1. The number of aromatic nitrogens is 1. The fourth-order valence-electron chi connectivity index (χ4n) is 2.65. The third-order valence-electron chi connectivity index (χ3n) is 3.86. The van der Waals surface area contributed by atoms with Crippen molar-refractivity contribution >= 4 is 38.8 Å². The molecule has 2 heterocycles. The average molecular weight is 325 g/mol. The van der Waals surface area contributed by atoms with Crippen LogP contribution in [0.25, 0.3) is 10.2 Å². The lowest BCUT2D eigenvalue weighted by atomic mass is 10.1. The summed E-state index contributed by atoms with van der Waals surface area (Å²) < 4.78 is 1.11. The van der Waals surface area contributed by atoms with Crippen molar-refractivity contribution in [1.29, 1.82) is 0 Å². The lowest BCUT2D eigenvalue weighted by molar-refractivity contribution is -0.114. The van der Waals surface area contributed by atoms with E-state index in [9.17, 15) is 4.79 Å². The third-order valence-corrected chi connectivity index (χ3v) is 4.79. The fourth-order valence-corrected chi connectivity index (χ4v) is 3.57. The summed E-state index contributed by atoms with van der Waals surface area (Å²) in [7, 11) is 1.93. The minimum atomic E-state index is -0.0218. The van der Waals surface area contributed by atoms with Crippen molar-refractivity contribution in [3.05, 3.63) is 53.0 Å². The maximum Gasteiger partial charge on any atom is 0.243 e. The Morgan fingerprint density at radius 3 is 2.70 bits per heavy atom. The van der Waals surface area contributed by atoms with E-state index in [4.69, 9.17) is 0 Å². The highest BCUT2D eigenvalue weighted by Crippen LogP contribution is 2.29. The molecule has 0 atom stereocenters. The maximum absolute atomic E-state index is 12.4. The van der Waals surface area contributed by atoms with Gasteiger partial charge in [-0.15, -0.1) is 11.3 Å². The first-order chi connectivity index (χ1) is 11.1. The van der Waals surface area contributed by atoms with E-state index in [1.54, 1.807) is 17.5 Å². The number of benzene rings is 1. The van der Waals surface area contributed by atoms with Crippen LogP contribution in [0.5, 0.6) is 0 Å². The number of aryl methyl sites for hydroxylation is 2. The smallest absolute Gasteiger partial charge is 0.243 e. The molecule has 0 fully saturated rings. The molecule has 3 aromatic rings. The predicted molar refractivity (Wildman–Crippen MR) is 97.4 cm³/mol. The van der Waals surface area contributed by atoms with Crippen molar-refractivity contribution in [1.82, 2.24) is 4.98 Å². The number of likely N-dealkylation sites (N-methyl/N-ethyl adjacent to an activating group) is 1. The molecule has 0 spiro atoms. The van der Waals surface area contributed by atoms with Gasteiger partial charge in [-0.2, -0.15) is 0 Å². The Bertz CT molecular complexity index is 836. The number of thiophene rings is 1. The molecule has 1 N–H and O–H groups in total. The van der Waals surface area contributed by atoms with Crippen LogP contribution in [0.4, 0.5) is 11.4 Å². The molecule has 4 nitrogen and oxygen atoms in total. The van der Waals surface area contributed by atoms with E-state index < -0.39 is 0 Å². The predicted octanol–water partition coefficient (Wildman–Crippen LogP) is 3.99. The molecule has 2 aromatic heterocycles. The highest BCUT2D eigenvalue weighted by Gasteiger charge is 2.13. The summed E-state index contributed by atoms with van der Waals surface area (Å²) in [5.74, 6) is -0.0218. The first kappa shape index (κ1) is 15.5. The minimum Gasteiger partial charge on any atom is -0.364 e. The number of carbonyl (C=O) groups excluding carboxylic acids is 1. The lowest BCUT2D eigenvalue weighted by Crippen LogP contribution is -2.30. The summed E-state index contributed by atoms with van der Waals surface area (Å²) in [4.78, 5) is 18.7. The van der Waals surface area contributed by atoms with Gasteiger partial charge in [-0.1, -0.05) is 18.2 Å². The zero-order valence-corrected chi connectivity index (χ0v) is 14.3. The van der Waals surface area contributed by atoms with Crippen molar-refractivity contribution in [2.24, 2.45) is 0 Å². The number of nitrogens with one attached hydrogen (secondary N) is 1. The maximum atomic E-state index is 12.4.